The van der Waals surface area contributed by atoms with Crippen molar-refractivity contribution >= 4 is 0 Å². The summed E-state index contributed by atoms with van der Waals surface area (Å²) >= 11 is 0. The number of para-hydroxylation sites is 1. The van der Waals surface area contributed by atoms with Crippen molar-refractivity contribution in [1.29, 1.82) is 0 Å². The van der Waals surface area contributed by atoms with Crippen LogP contribution >= 0.6 is 0 Å². The van der Waals surface area contributed by atoms with Gasteiger partial charge in [0.25, 0.3) is 0 Å². The highest BCUT2D eigenvalue weighted by Gasteiger charge is 2.36. The van der Waals surface area contributed by atoms with Crippen molar-refractivity contribution in [2.45, 2.75) is 18.3 Å². The van der Waals surface area contributed by atoms with E-state index in [0.717, 1.165) is 5.56 Å². The number of aliphatic hydroxyl groups excluding tert-OH is 2. The zero-order valence-electron chi connectivity index (χ0n) is 9.73. The minimum atomic E-state index is -0.956. The van der Waals surface area contributed by atoms with E-state index in [-0.39, 0.29) is 0 Å². The van der Waals surface area contributed by atoms with Gasteiger partial charge in [-0.15, -0.1) is 0 Å². The molecule has 0 amide bonds. The molecule has 92 valence electrons. The summed E-state index contributed by atoms with van der Waals surface area (Å²) in [5.41, 5.74) is 1.50. The average molecular weight is 242 g/mol. The van der Waals surface area contributed by atoms with Gasteiger partial charge in [-0.05, 0) is 11.6 Å². The van der Waals surface area contributed by atoms with E-state index >= 15 is 0 Å². The van der Waals surface area contributed by atoms with Gasteiger partial charge in [-0.3, -0.25) is 0 Å². The molecule has 0 saturated carbocycles. The van der Waals surface area contributed by atoms with E-state index in [1.807, 2.05) is 42.5 Å². The summed E-state index contributed by atoms with van der Waals surface area (Å²) in [7, 11) is 0. The SMILES string of the molecule is O[C@@H]1[C@@H](c2ccccc2)Oc2ccccc2[C@@H]1O. The van der Waals surface area contributed by atoms with E-state index in [1.165, 1.54) is 0 Å². The fraction of sp³-hybridized carbons (Fsp3) is 0.200. The van der Waals surface area contributed by atoms with Crippen LogP contribution in [0.3, 0.4) is 0 Å². The summed E-state index contributed by atoms with van der Waals surface area (Å²) in [5, 5.41) is 20.3. The van der Waals surface area contributed by atoms with Crippen LogP contribution in [0.4, 0.5) is 0 Å². The van der Waals surface area contributed by atoms with Crippen LogP contribution in [0.2, 0.25) is 0 Å². The maximum atomic E-state index is 10.2. The topological polar surface area (TPSA) is 49.7 Å². The Morgan fingerprint density at radius 1 is 0.833 bits per heavy atom. The third kappa shape index (κ3) is 1.78. The van der Waals surface area contributed by atoms with E-state index in [0.29, 0.717) is 11.3 Å². The minimum absolute atomic E-state index is 0.531. The Morgan fingerprint density at radius 2 is 1.50 bits per heavy atom. The van der Waals surface area contributed by atoms with Gasteiger partial charge in [-0.1, -0.05) is 48.5 Å². The highest BCUT2D eigenvalue weighted by atomic mass is 16.5. The zero-order valence-corrected chi connectivity index (χ0v) is 9.73. The van der Waals surface area contributed by atoms with Crippen LogP contribution in [-0.2, 0) is 0 Å². The Labute approximate surface area is 105 Å². The first-order valence-electron chi connectivity index (χ1n) is 5.94. The van der Waals surface area contributed by atoms with Crippen LogP contribution in [0.5, 0.6) is 5.75 Å². The normalized spacial score (nSPS) is 26.2. The number of hydrogen-bond acceptors (Lipinski definition) is 3. The van der Waals surface area contributed by atoms with E-state index in [9.17, 15) is 10.2 Å². The van der Waals surface area contributed by atoms with Gasteiger partial charge in [0.05, 0.1) is 0 Å². The predicted molar refractivity (Wildman–Crippen MR) is 67.2 cm³/mol. The van der Waals surface area contributed by atoms with E-state index in [1.54, 1.807) is 12.1 Å². The number of hydrogen-bond donors (Lipinski definition) is 2. The molecule has 3 atom stereocenters. The van der Waals surface area contributed by atoms with Gasteiger partial charge in [0.2, 0.25) is 0 Å². The highest BCUT2D eigenvalue weighted by molar-refractivity contribution is 5.39. The molecule has 2 aromatic rings. The van der Waals surface area contributed by atoms with E-state index in [2.05, 4.69) is 0 Å². The predicted octanol–water partition coefficient (Wildman–Crippen LogP) is 2.21. The van der Waals surface area contributed by atoms with Crippen LogP contribution in [0.1, 0.15) is 23.3 Å². The van der Waals surface area contributed by atoms with Gasteiger partial charge in [0.15, 0.2) is 6.10 Å². The Morgan fingerprint density at radius 3 is 2.28 bits per heavy atom. The number of rotatable bonds is 1. The minimum Gasteiger partial charge on any atom is -0.482 e. The standard InChI is InChI=1S/C15H14O3/c16-13-11-8-4-5-9-12(11)18-15(14(13)17)10-6-2-1-3-7-10/h1-9,13-17H/t13-,14-,15+/m0/s1. The fourth-order valence-corrected chi connectivity index (χ4v) is 2.30. The van der Waals surface area contributed by atoms with Crippen LogP contribution in [-0.4, -0.2) is 16.3 Å². The first-order valence-corrected chi connectivity index (χ1v) is 5.94. The maximum absolute atomic E-state index is 10.2. The van der Waals surface area contributed by atoms with Crippen molar-refractivity contribution in [3.05, 3.63) is 65.7 Å². The van der Waals surface area contributed by atoms with Crippen molar-refractivity contribution in [3.8, 4) is 5.75 Å². The summed E-state index contributed by atoms with van der Waals surface area (Å²) < 4.78 is 5.79. The molecule has 18 heavy (non-hydrogen) atoms. The molecule has 0 fully saturated rings. The summed E-state index contributed by atoms with van der Waals surface area (Å²) in [5.74, 6) is 0.629. The van der Waals surface area contributed by atoms with Crippen LogP contribution in [0, 0.1) is 0 Å². The fourth-order valence-electron chi connectivity index (χ4n) is 2.30. The molecule has 1 aliphatic heterocycles. The first-order chi connectivity index (χ1) is 8.77. The van der Waals surface area contributed by atoms with Crippen molar-refractivity contribution in [2.75, 3.05) is 0 Å². The van der Waals surface area contributed by atoms with Crippen LogP contribution < -0.4 is 4.74 Å². The van der Waals surface area contributed by atoms with Gasteiger partial charge in [0, 0.05) is 5.56 Å². The molecule has 2 aromatic carbocycles. The van der Waals surface area contributed by atoms with Crippen molar-refractivity contribution in [2.24, 2.45) is 0 Å². The molecule has 3 heteroatoms. The lowest BCUT2D eigenvalue weighted by Gasteiger charge is -2.34. The van der Waals surface area contributed by atoms with Gasteiger partial charge < -0.3 is 14.9 Å². The lowest BCUT2D eigenvalue weighted by atomic mass is 9.92. The Hall–Kier alpha value is -1.84. The second kappa shape index (κ2) is 4.44. The van der Waals surface area contributed by atoms with Gasteiger partial charge in [0.1, 0.15) is 18.0 Å². The first kappa shape index (κ1) is 11.3. The molecular weight excluding hydrogens is 228 g/mol. The number of ether oxygens (including phenoxy) is 1. The quantitative estimate of drug-likeness (QED) is 0.806. The summed E-state index contributed by atoms with van der Waals surface area (Å²) in [6.45, 7) is 0. The molecule has 0 spiro atoms. The van der Waals surface area contributed by atoms with Crippen molar-refractivity contribution in [1.82, 2.24) is 0 Å². The summed E-state index contributed by atoms with van der Waals surface area (Å²) in [6, 6.07) is 16.7. The monoisotopic (exact) mass is 242 g/mol. The molecule has 3 nitrogen and oxygen atoms in total. The third-order valence-electron chi connectivity index (χ3n) is 3.25. The Bertz CT molecular complexity index is 538. The summed E-state index contributed by atoms with van der Waals surface area (Å²) in [6.07, 6.45) is -2.40. The van der Waals surface area contributed by atoms with Crippen LogP contribution in [0.15, 0.2) is 54.6 Å². The van der Waals surface area contributed by atoms with Crippen molar-refractivity contribution in [3.63, 3.8) is 0 Å². The molecule has 0 radical (unpaired) electrons. The largest absolute Gasteiger partial charge is 0.482 e. The lowest BCUT2D eigenvalue weighted by Crippen LogP contribution is -2.34. The zero-order chi connectivity index (χ0) is 12.5. The molecule has 0 aromatic heterocycles. The molecule has 0 saturated heterocycles. The maximum Gasteiger partial charge on any atom is 0.152 e. The number of aliphatic hydroxyl groups is 2. The van der Waals surface area contributed by atoms with Crippen molar-refractivity contribution < 1.29 is 14.9 Å². The lowest BCUT2D eigenvalue weighted by molar-refractivity contribution is -0.0699. The number of fused-ring (bicyclic) bond motifs is 1. The summed E-state index contributed by atoms with van der Waals surface area (Å²) in [4.78, 5) is 0. The molecule has 2 N–H and O–H groups in total. The van der Waals surface area contributed by atoms with Gasteiger partial charge in [-0.25, -0.2) is 0 Å². The van der Waals surface area contributed by atoms with Crippen LogP contribution in [0.25, 0.3) is 0 Å². The second-order valence-electron chi connectivity index (χ2n) is 4.42. The molecule has 0 unspecified atom stereocenters. The number of benzene rings is 2. The molecule has 0 aliphatic carbocycles. The third-order valence-corrected chi connectivity index (χ3v) is 3.25. The van der Waals surface area contributed by atoms with E-state index < -0.39 is 18.3 Å². The van der Waals surface area contributed by atoms with Gasteiger partial charge in [-0.2, -0.15) is 0 Å². The highest BCUT2D eigenvalue weighted by Crippen LogP contribution is 2.40. The smallest absolute Gasteiger partial charge is 0.152 e. The molecule has 1 aliphatic rings. The Kier molecular flexibility index (Phi) is 2.78. The van der Waals surface area contributed by atoms with Gasteiger partial charge >= 0.3 is 0 Å². The second-order valence-corrected chi connectivity index (χ2v) is 4.42. The molecule has 0 bridgehead atoms. The average Bonchev–Trinajstić information content (AvgIpc) is 2.44. The Balaban J connectivity index is 2.01. The molecule has 3 rings (SSSR count). The molecular formula is C15H14O3. The van der Waals surface area contributed by atoms with E-state index in [4.69, 9.17) is 4.74 Å². The molecule has 1 heterocycles.